The van der Waals surface area contributed by atoms with Crippen LogP contribution in [-0.2, 0) is 11.2 Å². The first-order chi connectivity index (χ1) is 12.5. The highest BCUT2D eigenvalue weighted by Gasteiger charge is 2.31. The van der Waals surface area contributed by atoms with E-state index < -0.39 is 5.25 Å². The lowest BCUT2D eigenvalue weighted by Gasteiger charge is -2.05. The fourth-order valence-corrected chi connectivity index (χ4v) is 3.39. The normalized spacial score (nSPS) is 16.1. The smallest absolute Gasteiger partial charge is 0.286 e. The first-order valence-electron chi connectivity index (χ1n) is 8.02. The molecule has 140 valence electrons. The van der Waals surface area contributed by atoms with E-state index in [9.17, 15) is 14.4 Å². The number of amides is 2. The largest absolute Gasteiger partial charge is 0.497 e. The Hall–Kier alpha value is -2.57. The van der Waals surface area contributed by atoms with E-state index >= 15 is 0 Å². The second kappa shape index (κ2) is 9.39. The van der Waals surface area contributed by atoms with Gasteiger partial charge in [-0.25, -0.2) is 0 Å². The van der Waals surface area contributed by atoms with Crippen molar-refractivity contribution < 1.29 is 19.1 Å². The van der Waals surface area contributed by atoms with Crippen LogP contribution in [0.3, 0.4) is 0 Å². The molecule has 1 fully saturated rings. The number of hydrogen-bond donors (Lipinski definition) is 1. The van der Waals surface area contributed by atoms with Gasteiger partial charge in [0.15, 0.2) is 5.78 Å². The van der Waals surface area contributed by atoms with Crippen molar-refractivity contribution in [2.24, 2.45) is 0 Å². The highest BCUT2D eigenvalue weighted by atomic mass is 35.5. The van der Waals surface area contributed by atoms with Gasteiger partial charge in [0.2, 0.25) is 5.91 Å². The summed E-state index contributed by atoms with van der Waals surface area (Å²) >= 11 is 1.00. The molecule has 2 aromatic carbocycles. The minimum absolute atomic E-state index is 0. The third-order valence-corrected chi connectivity index (χ3v) is 4.95. The molecule has 1 saturated heterocycles. The van der Waals surface area contributed by atoms with Gasteiger partial charge in [-0.15, -0.1) is 12.4 Å². The Morgan fingerprint density at radius 2 is 1.78 bits per heavy atom. The Balaban J connectivity index is 0.00000261. The predicted octanol–water partition coefficient (Wildman–Crippen LogP) is 3.91. The molecule has 0 saturated carbocycles. The summed E-state index contributed by atoms with van der Waals surface area (Å²) in [5.41, 5.74) is 2.38. The number of carbonyl (C=O) groups is 3. The maximum Gasteiger partial charge on any atom is 0.286 e. The van der Waals surface area contributed by atoms with Crippen LogP contribution in [0, 0.1) is 0 Å². The fourth-order valence-electron chi connectivity index (χ4n) is 2.53. The fraction of sp³-hybridized carbons (Fsp3) is 0.150. The van der Waals surface area contributed by atoms with Gasteiger partial charge in [-0.05, 0) is 35.8 Å². The number of halogens is 1. The summed E-state index contributed by atoms with van der Waals surface area (Å²) in [6, 6.07) is 14.5. The Morgan fingerprint density at radius 3 is 2.33 bits per heavy atom. The minimum atomic E-state index is -0.404. The zero-order valence-electron chi connectivity index (χ0n) is 14.5. The van der Waals surface area contributed by atoms with Crippen molar-refractivity contribution in [3.05, 3.63) is 71.3 Å². The number of carbonyl (C=O) groups excluding carboxylic acids is 3. The van der Waals surface area contributed by atoms with Crippen LogP contribution in [-0.4, -0.2) is 29.3 Å². The van der Waals surface area contributed by atoms with Crippen LogP contribution in [0.15, 0.2) is 54.6 Å². The number of ether oxygens (including phenoxy) is 1. The van der Waals surface area contributed by atoms with Crippen LogP contribution in [0.1, 0.15) is 21.5 Å². The van der Waals surface area contributed by atoms with E-state index in [-0.39, 0.29) is 29.3 Å². The number of allylic oxidation sites excluding steroid dienone is 1. The average molecular weight is 404 g/mol. The summed E-state index contributed by atoms with van der Waals surface area (Å²) in [5.74, 6) is 0.401. The van der Waals surface area contributed by atoms with Gasteiger partial charge in [0.25, 0.3) is 5.24 Å². The molecular weight excluding hydrogens is 386 g/mol. The summed E-state index contributed by atoms with van der Waals surface area (Å²) in [5, 5.41) is 1.56. The maximum absolute atomic E-state index is 12.3. The zero-order valence-corrected chi connectivity index (χ0v) is 16.1. The number of methoxy groups -OCH3 is 1. The van der Waals surface area contributed by atoms with Crippen molar-refractivity contribution in [3.63, 3.8) is 0 Å². The molecule has 3 rings (SSSR count). The molecule has 1 unspecified atom stereocenters. The van der Waals surface area contributed by atoms with Crippen LogP contribution in [0.4, 0.5) is 4.79 Å². The van der Waals surface area contributed by atoms with Crippen molar-refractivity contribution in [1.29, 1.82) is 0 Å². The molecule has 0 bridgehead atoms. The van der Waals surface area contributed by atoms with Gasteiger partial charge in [-0.3, -0.25) is 19.7 Å². The van der Waals surface area contributed by atoms with Gasteiger partial charge in [-0.2, -0.15) is 0 Å². The molecule has 0 radical (unpaired) electrons. The number of benzene rings is 2. The Kier molecular flexibility index (Phi) is 7.21. The summed E-state index contributed by atoms with van der Waals surface area (Å²) in [6.45, 7) is 0. The third-order valence-electron chi connectivity index (χ3n) is 3.97. The molecular formula is C20H18ClNO4S. The standard InChI is InChI=1S/C20H17NO4S.ClH/c1-25-16-9-4-13(5-10-16)6-11-17(22)15-7-2-14(3-8-15)12-18-19(23)21-20(24)26-18;/h2-11,18H,12H2,1H3,(H,21,23,24);1H/b11-6+;. The van der Waals surface area contributed by atoms with E-state index in [2.05, 4.69) is 5.32 Å². The van der Waals surface area contributed by atoms with Crippen molar-refractivity contribution in [3.8, 4) is 5.75 Å². The molecule has 27 heavy (non-hydrogen) atoms. The number of imide groups is 1. The van der Waals surface area contributed by atoms with Gasteiger partial charge in [0, 0.05) is 5.56 Å². The lowest BCUT2D eigenvalue weighted by Crippen LogP contribution is -2.25. The highest BCUT2D eigenvalue weighted by Crippen LogP contribution is 2.23. The predicted molar refractivity (Wildman–Crippen MR) is 109 cm³/mol. The van der Waals surface area contributed by atoms with Gasteiger partial charge in [0.05, 0.1) is 12.4 Å². The third kappa shape index (κ3) is 5.45. The summed E-state index contributed by atoms with van der Waals surface area (Å²) < 4.78 is 5.10. The molecule has 0 spiro atoms. The first-order valence-corrected chi connectivity index (χ1v) is 8.90. The molecule has 1 aliphatic heterocycles. The van der Waals surface area contributed by atoms with Crippen molar-refractivity contribution in [2.75, 3.05) is 7.11 Å². The van der Waals surface area contributed by atoms with Crippen LogP contribution < -0.4 is 10.1 Å². The Bertz CT molecular complexity index is 863. The number of nitrogens with one attached hydrogen (secondary N) is 1. The zero-order chi connectivity index (χ0) is 18.5. The molecule has 2 aromatic rings. The van der Waals surface area contributed by atoms with Crippen LogP contribution in [0.25, 0.3) is 6.08 Å². The van der Waals surface area contributed by atoms with E-state index in [1.54, 1.807) is 25.3 Å². The molecule has 2 amide bonds. The molecule has 1 heterocycles. The number of thioether (sulfide) groups is 1. The summed E-state index contributed by atoms with van der Waals surface area (Å²) in [4.78, 5) is 35.1. The van der Waals surface area contributed by atoms with Gasteiger partial charge >= 0.3 is 0 Å². The average Bonchev–Trinajstić information content (AvgIpc) is 2.97. The highest BCUT2D eigenvalue weighted by molar-refractivity contribution is 8.15. The monoisotopic (exact) mass is 403 g/mol. The number of rotatable bonds is 6. The minimum Gasteiger partial charge on any atom is -0.497 e. The van der Waals surface area contributed by atoms with Gasteiger partial charge in [0.1, 0.15) is 5.75 Å². The number of hydrogen-bond acceptors (Lipinski definition) is 5. The summed E-state index contributed by atoms with van der Waals surface area (Å²) in [6.07, 6.45) is 3.73. The van der Waals surface area contributed by atoms with Crippen LogP contribution in [0.2, 0.25) is 0 Å². The molecule has 0 aromatic heterocycles. The van der Waals surface area contributed by atoms with E-state index in [4.69, 9.17) is 4.74 Å². The molecule has 7 heteroatoms. The topological polar surface area (TPSA) is 72.5 Å². The summed E-state index contributed by atoms with van der Waals surface area (Å²) in [7, 11) is 1.60. The maximum atomic E-state index is 12.3. The lowest BCUT2D eigenvalue weighted by atomic mass is 10.0. The van der Waals surface area contributed by atoms with Crippen molar-refractivity contribution >= 4 is 47.2 Å². The SMILES string of the molecule is COc1ccc(/C=C/C(=O)c2ccc(CC3SC(=O)NC3=O)cc2)cc1.Cl. The van der Waals surface area contributed by atoms with E-state index in [0.717, 1.165) is 28.6 Å². The van der Waals surface area contributed by atoms with E-state index in [0.29, 0.717) is 12.0 Å². The molecule has 1 atom stereocenters. The Labute approximate surface area is 167 Å². The second-order valence-corrected chi connectivity index (χ2v) is 6.93. The first kappa shape index (κ1) is 20.7. The molecule has 0 aliphatic carbocycles. The van der Waals surface area contributed by atoms with Crippen LogP contribution >= 0.6 is 24.2 Å². The lowest BCUT2D eigenvalue weighted by molar-refractivity contribution is -0.118. The molecule has 5 nitrogen and oxygen atoms in total. The van der Waals surface area contributed by atoms with Crippen molar-refractivity contribution in [2.45, 2.75) is 11.7 Å². The van der Waals surface area contributed by atoms with E-state index in [1.165, 1.54) is 6.08 Å². The second-order valence-electron chi connectivity index (χ2n) is 5.75. The molecule has 1 N–H and O–H groups in total. The van der Waals surface area contributed by atoms with Gasteiger partial charge < -0.3 is 4.74 Å². The quantitative estimate of drug-likeness (QED) is 0.584. The Morgan fingerprint density at radius 1 is 1.11 bits per heavy atom. The molecule has 1 aliphatic rings. The van der Waals surface area contributed by atoms with Crippen LogP contribution in [0.5, 0.6) is 5.75 Å². The van der Waals surface area contributed by atoms with Crippen molar-refractivity contribution in [1.82, 2.24) is 5.32 Å². The number of ketones is 1. The van der Waals surface area contributed by atoms with Gasteiger partial charge in [-0.1, -0.05) is 54.2 Å². The van der Waals surface area contributed by atoms with E-state index in [1.807, 2.05) is 36.4 Å².